The molecule has 4 aromatic carbocycles. The van der Waals surface area contributed by atoms with Crippen LogP contribution in [0.3, 0.4) is 0 Å². The fourth-order valence-corrected chi connectivity index (χ4v) is 7.05. The van der Waals surface area contributed by atoms with E-state index < -0.39 is 11.7 Å². The van der Waals surface area contributed by atoms with Gasteiger partial charge in [-0.3, -0.25) is 8.80 Å². The van der Waals surface area contributed by atoms with E-state index in [-0.39, 0.29) is 22.2 Å². The number of benzene rings is 4. The van der Waals surface area contributed by atoms with Gasteiger partial charge in [-0.15, -0.1) is 0 Å². The van der Waals surface area contributed by atoms with Gasteiger partial charge >= 0.3 is 6.18 Å². The Hall–Kier alpha value is -5.46. The van der Waals surface area contributed by atoms with Gasteiger partial charge in [-0.1, -0.05) is 23.2 Å². The topological polar surface area (TPSA) is 78.8 Å². The molecule has 14 heteroatoms. The number of hydrogen-bond donors (Lipinski definition) is 0. The van der Waals surface area contributed by atoms with E-state index in [2.05, 4.69) is 15.0 Å². The number of nitrogens with zero attached hydrogens (tertiary/aromatic N) is 6. The van der Waals surface area contributed by atoms with Gasteiger partial charge in [0, 0.05) is 28.3 Å². The molecule has 270 valence electrons. The number of rotatable bonds is 4. The van der Waals surface area contributed by atoms with Crippen molar-refractivity contribution < 1.29 is 27.0 Å². The van der Waals surface area contributed by atoms with Crippen LogP contribution in [-0.4, -0.2) is 43.0 Å². The Morgan fingerprint density at radius 3 is 1.53 bits per heavy atom. The van der Waals surface area contributed by atoms with Gasteiger partial charge in [-0.2, -0.15) is 13.2 Å². The highest BCUT2D eigenvalue weighted by atomic mass is 35.5. The van der Waals surface area contributed by atoms with E-state index in [0.29, 0.717) is 50.1 Å². The third-order valence-corrected chi connectivity index (χ3v) is 9.46. The number of aromatic nitrogens is 6. The van der Waals surface area contributed by atoms with E-state index in [0.717, 1.165) is 39.8 Å². The van der Waals surface area contributed by atoms with Crippen molar-refractivity contribution in [1.29, 1.82) is 0 Å². The summed E-state index contributed by atoms with van der Waals surface area (Å²) >= 11 is 12.1. The number of fused-ring (bicyclic) bond motifs is 6. The van der Waals surface area contributed by atoms with Gasteiger partial charge in [0.25, 0.3) is 0 Å². The summed E-state index contributed by atoms with van der Waals surface area (Å²) in [4.78, 5) is 18.4. The molecular weight excluding hydrogens is 731 g/mol. The second kappa shape index (κ2) is 13.5. The standard InChI is InChI=1S/C20H15ClF3N3O.C19H15ClFN3O/c1-10-18-11(2)26-19(14-6-4-12(21)8-15(14)20(22,23)24)27(18)17-9-13(28-3)5-7-16(17)25-10;1-10-18-11(2)23-19(14-6-4-12(21)8-15(14)20)24(18)17-9-13(25-3)5-7-16(17)22-10/h4-9H,1-3H3;4-9H,1-3H3. The summed E-state index contributed by atoms with van der Waals surface area (Å²) < 4.78 is 68.9. The average molecular weight is 762 g/mol. The van der Waals surface area contributed by atoms with E-state index >= 15 is 0 Å². The molecule has 0 N–H and O–H groups in total. The maximum absolute atomic E-state index is 13.7. The zero-order valence-corrected chi connectivity index (χ0v) is 30.7. The Bertz CT molecular complexity index is 2740. The van der Waals surface area contributed by atoms with Crippen molar-refractivity contribution in [2.24, 2.45) is 0 Å². The molecule has 0 fully saturated rings. The number of methoxy groups -OCH3 is 2. The molecule has 0 bridgehead atoms. The van der Waals surface area contributed by atoms with Crippen LogP contribution < -0.4 is 9.47 Å². The molecule has 0 radical (unpaired) electrons. The zero-order chi connectivity index (χ0) is 37.9. The largest absolute Gasteiger partial charge is 0.497 e. The molecule has 4 heterocycles. The van der Waals surface area contributed by atoms with Crippen LogP contribution in [0, 0.1) is 33.5 Å². The molecule has 0 saturated heterocycles. The summed E-state index contributed by atoms with van der Waals surface area (Å²) in [6.07, 6.45) is -4.57. The number of aryl methyl sites for hydroxylation is 4. The number of hydrogen-bond acceptors (Lipinski definition) is 6. The van der Waals surface area contributed by atoms with Gasteiger partial charge in [0.1, 0.15) is 29.0 Å². The van der Waals surface area contributed by atoms with E-state index in [4.69, 9.17) is 37.7 Å². The lowest BCUT2D eigenvalue weighted by Gasteiger charge is -2.14. The summed E-state index contributed by atoms with van der Waals surface area (Å²) in [5.41, 5.74) is 7.26. The van der Waals surface area contributed by atoms with Crippen LogP contribution >= 0.6 is 23.2 Å². The zero-order valence-electron chi connectivity index (χ0n) is 29.2. The molecule has 4 aromatic heterocycles. The van der Waals surface area contributed by atoms with Crippen molar-refractivity contribution in [3.63, 3.8) is 0 Å². The second-order valence-electron chi connectivity index (χ2n) is 12.3. The minimum Gasteiger partial charge on any atom is -0.497 e. The van der Waals surface area contributed by atoms with Crippen LogP contribution in [0.25, 0.3) is 55.9 Å². The quantitative estimate of drug-likeness (QED) is 0.166. The van der Waals surface area contributed by atoms with E-state index in [9.17, 15) is 17.6 Å². The maximum Gasteiger partial charge on any atom is 0.417 e. The molecule has 0 aliphatic carbocycles. The summed E-state index contributed by atoms with van der Waals surface area (Å²) in [6.45, 7) is 7.44. The maximum atomic E-state index is 13.7. The highest BCUT2D eigenvalue weighted by molar-refractivity contribution is 6.33. The highest BCUT2D eigenvalue weighted by Crippen LogP contribution is 2.40. The average Bonchev–Trinajstić information content (AvgIpc) is 3.65. The van der Waals surface area contributed by atoms with Gasteiger partial charge in [-0.25, -0.2) is 24.3 Å². The van der Waals surface area contributed by atoms with Gasteiger partial charge in [0.15, 0.2) is 0 Å². The lowest BCUT2D eigenvalue weighted by atomic mass is 10.1. The predicted molar refractivity (Wildman–Crippen MR) is 199 cm³/mol. The molecule has 0 atom stereocenters. The molecule has 53 heavy (non-hydrogen) atoms. The van der Waals surface area contributed by atoms with Crippen LogP contribution in [-0.2, 0) is 6.18 Å². The molecule has 0 unspecified atom stereocenters. The van der Waals surface area contributed by atoms with Gasteiger partial charge in [0.2, 0.25) is 0 Å². The minimum absolute atomic E-state index is 0.0121. The van der Waals surface area contributed by atoms with Crippen LogP contribution in [0.5, 0.6) is 11.5 Å². The molecule has 8 nitrogen and oxygen atoms in total. The van der Waals surface area contributed by atoms with E-state index in [1.807, 2.05) is 43.4 Å². The fraction of sp³-hybridized carbons (Fsp3) is 0.179. The number of halogens is 6. The molecule has 0 aliphatic rings. The summed E-state index contributed by atoms with van der Waals surface area (Å²) in [6, 6.07) is 19.0. The summed E-state index contributed by atoms with van der Waals surface area (Å²) in [5, 5.41) is 0.329. The van der Waals surface area contributed by atoms with Crippen LogP contribution in [0.4, 0.5) is 17.6 Å². The molecule has 0 amide bonds. The number of imidazole rings is 2. The number of ether oxygens (including phenoxy) is 2. The Morgan fingerprint density at radius 1 is 0.585 bits per heavy atom. The molecule has 0 spiro atoms. The van der Waals surface area contributed by atoms with Crippen LogP contribution in [0.1, 0.15) is 28.3 Å². The third kappa shape index (κ3) is 6.35. The van der Waals surface area contributed by atoms with Crippen LogP contribution in [0.15, 0.2) is 72.8 Å². The SMILES string of the molecule is COc1ccc2nc(C)c3c(C)nc(-c4ccc(Cl)cc4C(F)(F)F)n3c2c1.COc1ccc2nc(C)c3c(C)nc(-c4ccc(F)cc4Cl)n3c2c1. The van der Waals surface area contributed by atoms with E-state index in [1.54, 1.807) is 42.7 Å². The van der Waals surface area contributed by atoms with E-state index in [1.165, 1.54) is 31.4 Å². The Labute approximate surface area is 310 Å². The molecule has 8 aromatic rings. The summed E-state index contributed by atoms with van der Waals surface area (Å²) in [7, 11) is 3.15. The monoisotopic (exact) mass is 760 g/mol. The fourth-order valence-electron chi connectivity index (χ4n) is 6.63. The van der Waals surface area contributed by atoms with Crippen molar-refractivity contribution >= 4 is 56.3 Å². The van der Waals surface area contributed by atoms with Crippen molar-refractivity contribution in [2.45, 2.75) is 33.9 Å². The molecule has 8 rings (SSSR count). The molecular formula is C39H30Cl2F4N6O2. The first-order chi connectivity index (χ1) is 25.2. The van der Waals surface area contributed by atoms with Crippen molar-refractivity contribution in [2.75, 3.05) is 14.2 Å². The second-order valence-corrected chi connectivity index (χ2v) is 13.2. The first-order valence-electron chi connectivity index (χ1n) is 16.2. The molecule has 0 aliphatic heterocycles. The Morgan fingerprint density at radius 2 is 1.06 bits per heavy atom. The van der Waals surface area contributed by atoms with Crippen LogP contribution in [0.2, 0.25) is 10.0 Å². The lowest BCUT2D eigenvalue weighted by molar-refractivity contribution is -0.137. The van der Waals surface area contributed by atoms with Gasteiger partial charge in [0.05, 0.1) is 80.7 Å². The first kappa shape index (κ1) is 35.9. The Kier molecular flexibility index (Phi) is 9.15. The smallest absolute Gasteiger partial charge is 0.417 e. The van der Waals surface area contributed by atoms with Crippen molar-refractivity contribution in [3.05, 3.63) is 117 Å². The first-order valence-corrected chi connectivity index (χ1v) is 16.9. The summed E-state index contributed by atoms with van der Waals surface area (Å²) in [5.74, 6) is 1.75. The van der Waals surface area contributed by atoms with Gasteiger partial charge < -0.3 is 9.47 Å². The van der Waals surface area contributed by atoms with Crippen molar-refractivity contribution in [3.8, 4) is 34.3 Å². The normalized spacial score (nSPS) is 11.8. The molecule has 0 saturated carbocycles. The van der Waals surface area contributed by atoms with Crippen molar-refractivity contribution in [1.82, 2.24) is 28.7 Å². The predicted octanol–water partition coefficient (Wildman–Crippen LogP) is 10.8. The number of alkyl halides is 3. The Balaban J connectivity index is 0.000000165. The minimum atomic E-state index is -4.57. The third-order valence-electron chi connectivity index (χ3n) is 8.91. The highest BCUT2D eigenvalue weighted by Gasteiger charge is 2.35. The van der Waals surface area contributed by atoms with Gasteiger partial charge in [-0.05, 0) is 88.4 Å². The lowest BCUT2D eigenvalue weighted by Crippen LogP contribution is -2.08.